The minimum atomic E-state index is -3.30. The molecule has 0 radical (unpaired) electrons. The van der Waals surface area contributed by atoms with Gasteiger partial charge in [-0.25, -0.2) is 26.9 Å². The molecule has 1 aliphatic carbocycles. The van der Waals surface area contributed by atoms with Crippen molar-refractivity contribution in [2.24, 2.45) is 0 Å². The number of aromatic nitrogens is 2. The van der Waals surface area contributed by atoms with Gasteiger partial charge in [-0.2, -0.15) is 0 Å². The Hall–Kier alpha value is -2.26. The third kappa shape index (κ3) is 2.94. The molecule has 1 aliphatic rings. The lowest BCUT2D eigenvalue weighted by Gasteiger charge is -2.29. The van der Waals surface area contributed by atoms with Gasteiger partial charge in [0.1, 0.15) is 16.9 Å². The fraction of sp³-hybridized carbons (Fsp3) is 0.278. The van der Waals surface area contributed by atoms with E-state index in [1.807, 2.05) is 0 Å². The summed E-state index contributed by atoms with van der Waals surface area (Å²) in [6.45, 7) is 0. The number of nitrogens with zero attached hydrogens (tertiary/aromatic N) is 2. The molecule has 142 valence electrons. The van der Waals surface area contributed by atoms with Crippen LogP contribution in [0.5, 0.6) is 0 Å². The highest BCUT2D eigenvalue weighted by molar-refractivity contribution is 7.13. The number of rotatable bonds is 3. The molecular weight excluding hydrogens is 387 g/mol. The van der Waals surface area contributed by atoms with E-state index in [9.17, 15) is 27.1 Å². The summed E-state index contributed by atoms with van der Waals surface area (Å²) in [7, 11) is 0. The van der Waals surface area contributed by atoms with Gasteiger partial charge in [-0.15, -0.1) is 11.3 Å². The predicted octanol–water partition coefficient (Wildman–Crippen LogP) is 5.29. The Labute approximate surface area is 154 Å². The molecule has 3 nitrogen and oxygen atoms in total. The largest absolute Gasteiger partial charge is 0.382 e. The van der Waals surface area contributed by atoms with E-state index in [4.69, 9.17) is 0 Å². The lowest BCUT2D eigenvalue weighted by atomic mass is 9.89. The highest BCUT2D eigenvalue weighted by atomic mass is 32.1. The minimum absolute atomic E-state index is 0.0316. The average molecular weight is 400 g/mol. The number of hydrogen-bond acceptors (Lipinski definition) is 3. The van der Waals surface area contributed by atoms with Crippen LogP contribution in [0.25, 0.3) is 16.3 Å². The predicted molar refractivity (Wildman–Crippen MR) is 90.0 cm³/mol. The van der Waals surface area contributed by atoms with Gasteiger partial charge >= 0.3 is 0 Å². The second-order valence-corrected chi connectivity index (χ2v) is 7.18. The van der Waals surface area contributed by atoms with Crippen molar-refractivity contribution in [3.63, 3.8) is 0 Å². The summed E-state index contributed by atoms with van der Waals surface area (Å²) >= 11 is 1.21. The first-order chi connectivity index (χ1) is 12.8. The van der Waals surface area contributed by atoms with Gasteiger partial charge in [0.2, 0.25) is 0 Å². The number of aliphatic hydroxyl groups excluding tert-OH is 1. The monoisotopic (exact) mass is 400 g/mol. The molecule has 2 aromatic heterocycles. The van der Waals surface area contributed by atoms with Crippen LogP contribution < -0.4 is 0 Å². The Morgan fingerprint density at radius 1 is 1.30 bits per heavy atom. The summed E-state index contributed by atoms with van der Waals surface area (Å²) < 4.78 is 69.4. The Morgan fingerprint density at radius 2 is 2.07 bits per heavy atom. The zero-order valence-corrected chi connectivity index (χ0v) is 14.5. The van der Waals surface area contributed by atoms with Gasteiger partial charge in [-0.1, -0.05) is 0 Å². The standard InChI is InChI=1S/C18H13F5N2OS/c19-12-2-1-9(7-10(12)16(20)21)25-8-11(17-24-5-6-27-17)14-13(25)3-4-18(22,23)15(14)26/h1-2,5-8,15-16,26H,3-4H2. The van der Waals surface area contributed by atoms with E-state index in [1.165, 1.54) is 34.4 Å². The topological polar surface area (TPSA) is 38.1 Å². The highest BCUT2D eigenvalue weighted by Gasteiger charge is 2.46. The van der Waals surface area contributed by atoms with E-state index < -0.39 is 36.3 Å². The minimum Gasteiger partial charge on any atom is -0.382 e. The van der Waals surface area contributed by atoms with Crippen molar-refractivity contribution in [1.29, 1.82) is 0 Å². The third-order valence-electron chi connectivity index (χ3n) is 4.67. The van der Waals surface area contributed by atoms with Crippen molar-refractivity contribution in [1.82, 2.24) is 9.55 Å². The van der Waals surface area contributed by atoms with Gasteiger partial charge < -0.3 is 9.67 Å². The second-order valence-electron chi connectivity index (χ2n) is 6.28. The first kappa shape index (κ1) is 18.1. The Kier molecular flexibility index (Phi) is 4.31. The average Bonchev–Trinajstić information content (AvgIpc) is 3.26. The summed E-state index contributed by atoms with van der Waals surface area (Å²) in [5.41, 5.74) is 0.167. The van der Waals surface area contributed by atoms with E-state index in [-0.39, 0.29) is 17.7 Å². The van der Waals surface area contributed by atoms with Crippen molar-refractivity contribution in [2.75, 3.05) is 0 Å². The van der Waals surface area contributed by atoms with Crippen molar-refractivity contribution >= 4 is 11.3 Å². The number of halogens is 5. The lowest BCUT2D eigenvalue weighted by molar-refractivity contribution is -0.121. The molecule has 1 unspecified atom stereocenters. The van der Waals surface area contributed by atoms with E-state index in [0.717, 1.165) is 12.1 Å². The van der Waals surface area contributed by atoms with Crippen LogP contribution in [0, 0.1) is 5.82 Å². The molecule has 3 aromatic rings. The van der Waals surface area contributed by atoms with Gasteiger partial charge in [0, 0.05) is 46.7 Å². The van der Waals surface area contributed by atoms with Gasteiger partial charge in [-0.3, -0.25) is 0 Å². The molecule has 0 spiro atoms. The van der Waals surface area contributed by atoms with Crippen LogP contribution in [0.4, 0.5) is 22.0 Å². The molecule has 1 atom stereocenters. The summed E-state index contributed by atoms with van der Waals surface area (Å²) in [6, 6.07) is 3.21. The van der Waals surface area contributed by atoms with Crippen LogP contribution in [0.2, 0.25) is 0 Å². The quantitative estimate of drug-likeness (QED) is 0.607. The summed E-state index contributed by atoms with van der Waals surface area (Å²) in [6.07, 6.45) is -2.70. The molecule has 0 amide bonds. The Bertz CT molecular complexity index is 984. The van der Waals surface area contributed by atoms with Gasteiger partial charge in [-0.05, 0) is 24.6 Å². The smallest absolute Gasteiger partial charge is 0.278 e. The maximum atomic E-state index is 14.1. The molecule has 0 fully saturated rings. The summed E-state index contributed by atoms with van der Waals surface area (Å²) in [5, 5.41) is 12.3. The first-order valence-electron chi connectivity index (χ1n) is 8.07. The van der Waals surface area contributed by atoms with E-state index in [2.05, 4.69) is 4.98 Å². The zero-order chi connectivity index (χ0) is 19.3. The van der Waals surface area contributed by atoms with E-state index >= 15 is 0 Å². The van der Waals surface area contributed by atoms with Crippen molar-refractivity contribution in [2.45, 2.75) is 31.3 Å². The van der Waals surface area contributed by atoms with Crippen LogP contribution in [0.3, 0.4) is 0 Å². The van der Waals surface area contributed by atoms with Crippen LogP contribution >= 0.6 is 11.3 Å². The fourth-order valence-corrected chi connectivity index (χ4v) is 4.02. The molecular formula is C18H13F5N2OS. The lowest BCUT2D eigenvalue weighted by Crippen LogP contribution is -2.32. The van der Waals surface area contributed by atoms with Crippen molar-refractivity contribution in [3.05, 3.63) is 58.6 Å². The third-order valence-corrected chi connectivity index (χ3v) is 5.48. The van der Waals surface area contributed by atoms with Gasteiger partial charge in [0.05, 0.1) is 5.56 Å². The zero-order valence-electron chi connectivity index (χ0n) is 13.7. The van der Waals surface area contributed by atoms with E-state index in [1.54, 1.807) is 5.38 Å². The summed E-state index contributed by atoms with van der Waals surface area (Å²) in [4.78, 5) is 4.11. The Balaban J connectivity index is 1.94. The number of benzene rings is 1. The molecule has 27 heavy (non-hydrogen) atoms. The molecule has 2 heterocycles. The SMILES string of the molecule is OC1c2c(-c3nccs3)cn(-c3ccc(F)c(C(F)F)c3)c2CCC1(F)F. The highest BCUT2D eigenvalue weighted by Crippen LogP contribution is 2.47. The number of alkyl halides is 4. The number of aliphatic hydroxyl groups is 1. The normalized spacial score (nSPS) is 18.7. The molecule has 0 aliphatic heterocycles. The van der Waals surface area contributed by atoms with Crippen molar-refractivity contribution in [3.8, 4) is 16.3 Å². The molecule has 0 saturated carbocycles. The van der Waals surface area contributed by atoms with E-state index in [0.29, 0.717) is 16.3 Å². The van der Waals surface area contributed by atoms with Crippen molar-refractivity contribution < 1.29 is 27.1 Å². The van der Waals surface area contributed by atoms with Crippen LogP contribution in [0.1, 0.15) is 35.8 Å². The summed E-state index contributed by atoms with van der Waals surface area (Å²) in [5.74, 6) is -4.34. The molecule has 9 heteroatoms. The number of hydrogen-bond donors (Lipinski definition) is 1. The number of fused-ring (bicyclic) bond motifs is 1. The number of thiazole rings is 1. The molecule has 0 bridgehead atoms. The maximum Gasteiger partial charge on any atom is 0.278 e. The Morgan fingerprint density at radius 3 is 2.74 bits per heavy atom. The van der Waals surface area contributed by atoms with Crippen LogP contribution in [0.15, 0.2) is 36.0 Å². The van der Waals surface area contributed by atoms with Gasteiger partial charge in [0.25, 0.3) is 12.3 Å². The van der Waals surface area contributed by atoms with Gasteiger partial charge in [0.15, 0.2) is 0 Å². The molecule has 1 N–H and O–H groups in total. The van der Waals surface area contributed by atoms with Crippen LogP contribution in [-0.4, -0.2) is 20.6 Å². The van der Waals surface area contributed by atoms with Crippen LogP contribution in [-0.2, 0) is 6.42 Å². The maximum absolute atomic E-state index is 14.1. The second kappa shape index (κ2) is 6.42. The molecule has 0 saturated heterocycles. The molecule has 4 rings (SSSR count). The fourth-order valence-electron chi connectivity index (χ4n) is 3.36. The first-order valence-corrected chi connectivity index (χ1v) is 8.95. The molecule has 1 aromatic carbocycles.